The third kappa shape index (κ3) is 5.67. The van der Waals surface area contributed by atoms with Gasteiger partial charge in [-0.25, -0.2) is 4.39 Å². The van der Waals surface area contributed by atoms with Crippen LogP contribution in [0.3, 0.4) is 0 Å². The third-order valence-corrected chi connectivity index (χ3v) is 0.628. The number of hydrogen-bond acceptors (Lipinski definition) is 0. The average Bonchev–Trinajstić information content (AvgIpc) is 1.61. The molecule has 0 amide bonds. The van der Waals surface area contributed by atoms with Gasteiger partial charge in [-0.05, 0) is 19.8 Å². The maximum absolute atomic E-state index is 11.8. The van der Waals surface area contributed by atoms with Crippen molar-refractivity contribution >= 4 is 0 Å². The molecule has 0 aromatic carbocycles. The van der Waals surface area contributed by atoms with E-state index in [0.29, 0.717) is 6.42 Å². The lowest BCUT2D eigenvalue weighted by Crippen LogP contribution is -1.89. The molecule has 0 fully saturated rings. The number of hydrogen-bond donors (Lipinski definition) is 0. The summed E-state index contributed by atoms with van der Waals surface area (Å²) in [5, 5.41) is 0. The molecule has 0 bridgehead atoms. The van der Waals surface area contributed by atoms with Crippen LogP contribution in [-0.2, 0) is 0 Å². The Kier molecular flexibility index (Phi) is 3.67. The van der Waals surface area contributed by atoms with Crippen molar-refractivity contribution in [2.45, 2.75) is 19.5 Å². The molecule has 0 aliphatic heterocycles. The zero-order valence-electron chi connectivity index (χ0n) is 4.52. The van der Waals surface area contributed by atoms with Gasteiger partial charge < -0.3 is 0 Å². The van der Waals surface area contributed by atoms with Crippen molar-refractivity contribution in [2.24, 2.45) is 0 Å². The molecule has 7 heavy (non-hydrogen) atoms. The van der Waals surface area contributed by atoms with Gasteiger partial charge >= 0.3 is 0 Å². The Balaban J connectivity index is 2.81. The second-order valence-electron chi connectivity index (χ2n) is 1.44. The van der Waals surface area contributed by atoms with Crippen molar-refractivity contribution in [2.75, 3.05) is 0 Å². The lowest BCUT2D eigenvalue weighted by molar-refractivity contribution is 0.402. The van der Waals surface area contributed by atoms with Crippen molar-refractivity contribution in [3.05, 3.63) is 19.1 Å². The van der Waals surface area contributed by atoms with Crippen molar-refractivity contribution in [1.82, 2.24) is 0 Å². The van der Waals surface area contributed by atoms with Gasteiger partial charge in [-0.3, -0.25) is 0 Å². The Bertz CT molecular complexity index is 48.1. The summed E-state index contributed by atoms with van der Waals surface area (Å²) < 4.78 is 11.8. The monoisotopic (exact) mass is 101 g/mol. The molecule has 0 rings (SSSR count). The van der Waals surface area contributed by atoms with Crippen molar-refractivity contribution in [3.8, 4) is 0 Å². The zero-order valence-corrected chi connectivity index (χ0v) is 4.52. The quantitative estimate of drug-likeness (QED) is 0.478. The molecule has 0 aromatic rings. The van der Waals surface area contributed by atoms with E-state index in [1.54, 1.807) is 12.5 Å². The molecule has 1 heteroatoms. The fourth-order valence-corrected chi connectivity index (χ4v) is 0.284. The van der Waals surface area contributed by atoms with Gasteiger partial charge in [-0.1, -0.05) is 6.08 Å². The molecular formula is C6H10F. The number of halogens is 1. The van der Waals surface area contributed by atoms with E-state index in [1.165, 1.54) is 6.92 Å². The van der Waals surface area contributed by atoms with Crippen molar-refractivity contribution < 1.29 is 4.39 Å². The van der Waals surface area contributed by atoms with Gasteiger partial charge in [0.1, 0.15) is 6.17 Å². The van der Waals surface area contributed by atoms with Gasteiger partial charge in [-0.2, -0.15) is 0 Å². The van der Waals surface area contributed by atoms with Gasteiger partial charge in [0.15, 0.2) is 0 Å². The van der Waals surface area contributed by atoms with Gasteiger partial charge in [0.2, 0.25) is 0 Å². The van der Waals surface area contributed by atoms with Crippen LogP contribution in [0.25, 0.3) is 0 Å². The molecule has 0 saturated heterocycles. The summed E-state index contributed by atoms with van der Waals surface area (Å²) in [7, 11) is 0. The molecule has 0 spiro atoms. The minimum Gasteiger partial charge on any atom is -0.247 e. The fourth-order valence-electron chi connectivity index (χ4n) is 0.284. The van der Waals surface area contributed by atoms with Crippen molar-refractivity contribution in [1.29, 1.82) is 0 Å². The molecule has 1 unspecified atom stereocenters. The van der Waals surface area contributed by atoms with E-state index in [-0.39, 0.29) is 0 Å². The fraction of sp³-hybridized carbons (Fsp3) is 0.500. The molecule has 0 aliphatic carbocycles. The Morgan fingerprint density at radius 2 is 2.43 bits per heavy atom. The Hall–Kier alpha value is -0.330. The van der Waals surface area contributed by atoms with Crippen molar-refractivity contribution in [3.63, 3.8) is 0 Å². The van der Waals surface area contributed by atoms with Crippen LogP contribution >= 0.6 is 0 Å². The maximum atomic E-state index is 11.8. The molecule has 0 nitrogen and oxygen atoms in total. The first-order valence-corrected chi connectivity index (χ1v) is 2.35. The minimum absolute atomic E-state index is 0.664. The van der Waals surface area contributed by atoms with Crippen LogP contribution < -0.4 is 0 Å². The number of rotatable bonds is 3. The lowest BCUT2D eigenvalue weighted by atomic mass is 10.2. The van der Waals surface area contributed by atoms with Gasteiger partial charge in [0.25, 0.3) is 0 Å². The minimum atomic E-state index is -0.794. The van der Waals surface area contributed by atoms with Gasteiger partial charge in [0, 0.05) is 0 Å². The van der Waals surface area contributed by atoms with Gasteiger partial charge in [0.05, 0.1) is 0 Å². The molecule has 41 valence electrons. The van der Waals surface area contributed by atoms with E-state index >= 15 is 0 Å². The second-order valence-corrected chi connectivity index (χ2v) is 1.44. The van der Waals surface area contributed by atoms with E-state index in [4.69, 9.17) is 0 Å². The molecule has 0 aromatic heterocycles. The Morgan fingerprint density at radius 3 is 2.57 bits per heavy atom. The third-order valence-electron chi connectivity index (χ3n) is 0.628. The normalized spacial score (nSPS) is 13.4. The molecule has 0 aliphatic rings. The van der Waals surface area contributed by atoms with Gasteiger partial charge in [-0.15, -0.1) is 6.58 Å². The standard InChI is InChI=1S/C6H10F/c1-3-4-5-6(2)7/h3,5-6H,1,4H2,2H3. The number of allylic oxidation sites excluding steroid dienone is 1. The summed E-state index contributed by atoms with van der Waals surface area (Å²) in [5.41, 5.74) is 0. The molecule has 0 N–H and O–H groups in total. The van der Waals surface area contributed by atoms with Crippen LogP contribution in [0.5, 0.6) is 0 Å². The molecule has 0 heterocycles. The SMILES string of the molecule is C=CC[CH]C(C)F. The van der Waals surface area contributed by atoms with E-state index in [9.17, 15) is 4.39 Å². The second kappa shape index (κ2) is 3.85. The van der Waals surface area contributed by atoms with Crippen LogP contribution in [-0.4, -0.2) is 6.17 Å². The van der Waals surface area contributed by atoms with Crippen LogP contribution in [0.2, 0.25) is 0 Å². The van der Waals surface area contributed by atoms with Crippen LogP contribution in [0.4, 0.5) is 4.39 Å². The first-order chi connectivity index (χ1) is 3.27. The summed E-state index contributed by atoms with van der Waals surface area (Å²) in [6.07, 6.45) is 3.11. The topological polar surface area (TPSA) is 0 Å². The lowest BCUT2D eigenvalue weighted by Gasteiger charge is -1.92. The molecule has 1 radical (unpaired) electrons. The van der Waals surface area contributed by atoms with Crippen LogP contribution in [0.15, 0.2) is 12.7 Å². The van der Waals surface area contributed by atoms with E-state index in [2.05, 4.69) is 6.58 Å². The average molecular weight is 101 g/mol. The molecular weight excluding hydrogens is 91.1 g/mol. The first kappa shape index (κ1) is 6.67. The van der Waals surface area contributed by atoms with Crippen LogP contribution in [0, 0.1) is 6.42 Å². The summed E-state index contributed by atoms with van der Waals surface area (Å²) in [4.78, 5) is 0. The maximum Gasteiger partial charge on any atom is 0.101 e. The number of alkyl halides is 1. The highest BCUT2D eigenvalue weighted by Gasteiger charge is 1.92. The highest BCUT2D eigenvalue weighted by molar-refractivity contribution is 4.81. The molecule has 0 saturated carbocycles. The Morgan fingerprint density at radius 1 is 1.86 bits per heavy atom. The predicted octanol–water partition coefficient (Wildman–Crippen LogP) is 2.12. The van der Waals surface area contributed by atoms with E-state index < -0.39 is 6.17 Å². The summed E-state index contributed by atoms with van der Waals surface area (Å²) in [6.45, 7) is 4.94. The smallest absolute Gasteiger partial charge is 0.101 e. The van der Waals surface area contributed by atoms with E-state index in [1.807, 2.05) is 0 Å². The first-order valence-electron chi connectivity index (χ1n) is 2.35. The van der Waals surface area contributed by atoms with E-state index in [0.717, 1.165) is 0 Å². The van der Waals surface area contributed by atoms with Crippen LogP contribution in [0.1, 0.15) is 13.3 Å². The molecule has 1 atom stereocenters. The zero-order chi connectivity index (χ0) is 5.70. The predicted molar refractivity (Wildman–Crippen MR) is 29.7 cm³/mol. The highest BCUT2D eigenvalue weighted by Crippen LogP contribution is 1.97. The summed E-state index contributed by atoms with van der Waals surface area (Å²) in [6, 6.07) is 0. The summed E-state index contributed by atoms with van der Waals surface area (Å²) in [5.74, 6) is 0. The largest absolute Gasteiger partial charge is 0.247 e. The highest BCUT2D eigenvalue weighted by atomic mass is 19.1. The summed E-state index contributed by atoms with van der Waals surface area (Å²) >= 11 is 0. The Labute approximate surface area is 44.0 Å².